The SMILES string of the molecule is NC(NC(/C=C/c1cccc2c1ccc1cc3ccccc3cc12)c1ccc(-c2cccc3c2sc2ccccc23)cc1)c1ccccc1. The van der Waals surface area contributed by atoms with Crippen LogP contribution < -0.4 is 11.1 Å². The highest BCUT2D eigenvalue weighted by Crippen LogP contribution is 2.40. The van der Waals surface area contributed by atoms with E-state index in [1.807, 2.05) is 29.5 Å². The molecule has 0 spiro atoms. The Balaban J connectivity index is 1.10. The summed E-state index contributed by atoms with van der Waals surface area (Å²) in [6, 6.07) is 58.8. The van der Waals surface area contributed by atoms with Crippen LogP contribution in [0.5, 0.6) is 0 Å². The third kappa shape index (κ3) is 5.48. The third-order valence-corrected chi connectivity index (χ3v) is 11.0. The molecule has 1 aromatic heterocycles. The molecule has 49 heavy (non-hydrogen) atoms. The van der Waals surface area contributed by atoms with Gasteiger partial charge in [-0.3, -0.25) is 5.32 Å². The number of thiophene rings is 1. The lowest BCUT2D eigenvalue weighted by Crippen LogP contribution is -2.31. The summed E-state index contributed by atoms with van der Waals surface area (Å²) in [4.78, 5) is 0. The molecule has 0 radical (unpaired) electrons. The lowest BCUT2D eigenvalue weighted by atomic mass is 9.95. The molecule has 8 aromatic carbocycles. The van der Waals surface area contributed by atoms with Gasteiger partial charge in [-0.05, 0) is 78.3 Å². The third-order valence-electron chi connectivity index (χ3n) is 9.75. The summed E-state index contributed by atoms with van der Waals surface area (Å²) in [6.07, 6.45) is 4.17. The van der Waals surface area contributed by atoms with Crippen LogP contribution in [0.15, 0.2) is 170 Å². The molecule has 0 aliphatic rings. The Morgan fingerprint density at radius 2 is 1.22 bits per heavy atom. The molecule has 0 fully saturated rings. The van der Waals surface area contributed by atoms with Gasteiger partial charge in [-0.15, -0.1) is 11.3 Å². The summed E-state index contributed by atoms with van der Waals surface area (Å²) >= 11 is 1.87. The van der Waals surface area contributed by atoms with Crippen LogP contribution >= 0.6 is 11.3 Å². The first-order valence-corrected chi connectivity index (χ1v) is 17.6. The van der Waals surface area contributed by atoms with Gasteiger partial charge in [0.05, 0.1) is 12.2 Å². The first kappa shape index (κ1) is 29.6. The minimum Gasteiger partial charge on any atom is -0.312 e. The van der Waals surface area contributed by atoms with E-state index in [1.54, 1.807) is 0 Å². The zero-order valence-corrected chi connectivity index (χ0v) is 27.7. The molecule has 3 N–H and O–H groups in total. The molecule has 0 amide bonds. The van der Waals surface area contributed by atoms with E-state index in [0.29, 0.717) is 0 Å². The van der Waals surface area contributed by atoms with Crippen LogP contribution in [0.3, 0.4) is 0 Å². The molecule has 9 aromatic rings. The molecule has 0 aliphatic carbocycles. The molecule has 0 aliphatic heterocycles. The Labute approximate surface area is 289 Å². The van der Waals surface area contributed by atoms with E-state index >= 15 is 0 Å². The van der Waals surface area contributed by atoms with E-state index in [9.17, 15) is 0 Å². The molecule has 0 saturated carbocycles. The van der Waals surface area contributed by atoms with E-state index < -0.39 is 0 Å². The van der Waals surface area contributed by atoms with Crippen LogP contribution in [0.25, 0.3) is 69.7 Å². The second kappa shape index (κ2) is 12.5. The van der Waals surface area contributed by atoms with Crippen molar-refractivity contribution in [1.29, 1.82) is 0 Å². The van der Waals surface area contributed by atoms with Crippen LogP contribution in [-0.4, -0.2) is 0 Å². The summed E-state index contributed by atoms with van der Waals surface area (Å²) in [5.74, 6) is 0. The number of hydrogen-bond donors (Lipinski definition) is 2. The van der Waals surface area contributed by atoms with Gasteiger partial charge in [0.2, 0.25) is 0 Å². The van der Waals surface area contributed by atoms with Crippen molar-refractivity contribution in [3.05, 3.63) is 187 Å². The van der Waals surface area contributed by atoms with Crippen molar-refractivity contribution >= 4 is 69.9 Å². The second-order valence-corrected chi connectivity index (χ2v) is 13.8. The monoisotopic (exact) mass is 646 g/mol. The van der Waals surface area contributed by atoms with Crippen molar-refractivity contribution in [2.45, 2.75) is 12.2 Å². The van der Waals surface area contributed by atoms with E-state index in [4.69, 9.17) is 5.73 Å². The lowest BCUT2D eigenvalue weighted by molar-refractivity contribution is 0.509. The Bertz CT molecular complexity index is 2650. The highest BCUT2D eigenvalue weighted by molar-refractivity contribution is 7.26. The molecule has 0 bridgehead atoms. The van der Waals surface area contributed by atoms with Crippen LogP contribution in [0.2, 0.25) is 0 Å². The summed E-state index contributed by atoms with van der Waals surface area (Å²) in [6.45, 7) is 0. The van der Waals surface area contributed by atoms with Crippen molar-refractivity contribution in [3.63, 3.8) is 0 Å². The summed E-state index contributed by atoms with van der Waals surface area (Å²) in [7, 11) is 0. The predicted molar refractivity (Wildman–Crippen MR) is 212 cm³/mol. The summed E-state index contributed by atoms with van der Waals surface area (Å²) in [5.41, 5.74) is 12.6. The minimum atomic E-state index is -0.326. The molecule has 2 nitrogen and oxygen atoms in total. The van der Waals surface area contributed by atoms with Gasteiger partial charge in [0.1, 0.15) is 0 Å². The van der Waals surface area contributed by atoms with Crippen molar-refractivity contribution in [2.24, 2.45) is 5.73 Å². The highest BCUT2D eigenvalue weighted by Gasteiger charge is 2.16. The molecular formula is C46H34N2S. The largest absolute Gasteiger partial charge is 0.312 e. The lowest BCUT2D eigenvalue weighted by Gasteiger charge is -2.22. The molecule has 2 unspecified atom stereocenters. The van der Waals surface area contributed by atoms with Gasteiger partial charge < -0.3 is 5.73 Å². The smallest absolute Gasteiger partial charge is 0.0817 e. The van der Waals surface area contributed by atoms with Crippen LogP contribution in [-0.2, 0) is 0 Å². The van der Waals surface area contributed by atoms with E-state index in [2.05, 4.69) is 163 Å². The highest BCUT2D eigenvalue weighted by atomic mass is 32.1. The van der Waals surface area contributed by atoms with E-state index in [0.717, 1.165) is 11.1 Å². The summed E-state index contributed by atoms with van der Waals surface area (Å²) in [5, 5.41) is 13.9. The van der Waals surface area contributed by atoms with Gasteiger partial charge in [0, 0.05) is 20.2 Å². The Hall–Kier alpha value is -5.58. The maximum Gasteiger partial charge on any atom is 0.0817 e. The number of nitrogens with two attached hydrogens (primary N) is 1. The van der Waals surface area contributed by atoms with Gasteiger partial charge >= 0.3 is 0 Å². The maximum absolute atomic E-state index is 6.78. The topological polar surface area (TPSA) is 38.0 Å². The number of fused-ring (bicyclic) bond motifs is 7. The Morgan fingerprint density at radius 1 is 0.510 bits per heavy atom. The average Bonchev–Trinajstić information content (AvgIpc) is 3.55. The van der Waals surface area contributed by atoms with E-state index in [1.165, 1.54) is 69.2 Å². The Kier molecular flexibility index (Phi) is 7.52. The number of rotatable bonds is 7. The quantitative estimate of drug-likeness (QED) is 0.103. The minimum absolute atomic E-state index is 0.107. The fourth-order valence-corrected chi connectivity index (χ4v) is 8.45. The first-order valence-electron chi connectivity index (χ1n) is 16.8. The molecule has 1 heterocycles. The van der Waals surface area contributed by atoms with Gasteiger partial charge in [0.25, 0.3) is 0 Å². The molecule has 2 atom stereocenters. The average molecular weight is 647 g/mol. The standard InChI is InChI=1S/C46H34N2S/c47-46(33-10-2-1-3-11-33)48-43(32-22-20-31(21-23-32)38-16-9-18-41-40-15-6-7-19-44(40)49-45(38)41)27-25-30-14-8-17-39-37(30)26-24-36-28-34-12-4-5-13-35(34)29-42(36)39/h1-29,43,46,48H,47H2/b27-25+. The molecule has 9 rings (SSSR count). The van der Waals surface area contributed by atoms with E-state index in [-0.39, 0.29) is 12.2 Å². The van der Waals surface area contributed by atoms with Crippen LogP contribution in [0, 0.1) is 0 Å². The second-order valence-electron chi connectivity index (χ2n) is 12.7. The van der Waals surface area contributed by atoms with Crippen molar-refractivity contribution in [3.8, 4) is 11.1 Å². The zero-order chi connectivity index (χ0) is 32.7. The number of benzene rings is 8. The molecule has 234 valence electrons. The van der Waals surface area contributed by atoms with Crippen LogP contribution in [0.4, 0.5) is 0 Å². The normalized spacial score (nSPS) is 13.2. The molecule has 3 heteroatoms. The Morgan fingerprint density at radius 3 is 2.08 bits per heavy atom. The van der Waals surface area contributed by atoms with Crippen LogP contribution in [0.1, 0.15) is 28.9 Å². The van der Waals surface area contributed by atoms with Crippen molar-refractivity contribution in [2.75, 3.05) is 0 Å². The fraction of sp³-hybridized carbons (Fsp3) is 0.0435. The molecular weight excluding hydrogens is 613 g/mol. The number of hydrogen-bond acceptors (Lipinski definition) is 3. The maximum atomic E-state index is 6.78. The predicted octanol–water partition coefficient (Wildman–Crippen LogP) is 12.2. The van der Waals surface area contributed by atoms with Crippen molar-refractivity contribution in [1.82, 2.24) is 5.32 Å². The van der Waals surface area contributed by atoms with Gasteiger partial charge in [-0.1, -0.05) is 158 Å². The first-order chi connectivity index (χ1) is 24.2. The zero-order valence-electron chi connectivity index (χ0n) is 26.9. The van der Waals surface area contributed by atoms with Gasteiger partial charge in [-0.25, -0.2) is 0 Å². The fourth-order valence-electron chi connectivity index (χ4n) is 7.21. The van der Waals surface area contributed by atoms with Gasteiger partial charge in [0.15, 0.2) is 0 Å². The van der Waals surface area contributed by atoms with Crippen molar-refractivity contribution < 1.29 is 0 Å². The number of nitrogens with one attached hydrogen (secondary N) is 1. The molecule has 0 saturated heterocycles. The summed E-state index contributed by atoms with van der Waals surface area (Å²) < 4.78 is 2.65. The van der Waals surface area contributed by atoms with Gasteiger partial charge in [-0.2, -0.15) is 0 Å².